The molecule has 0 bridgehead atoms. The Balaban J connectivity index is 2.22. The van der Waals surface area contributed by atoms with Gasteiger partial charge in [0.15, 0.2) is 0 Å². The first-order valence-electron chi connectivity index (χ1n) is 5.38. The summed E-state index contributed by atoms with van der Waals surface area (Å²) in [5.41, 5.74) is 0.533. The number of carbonyl (C=O) groups excluding carboxylic acids is 2. The first-order chi connectivity index (χ1) is 9.26. The van der Waals surface area contributed by atoms with E-state index in [1.165, 1.54) is 6.07 Å². The lowest BCUT2D eigenvalue weighted by Crippen LogP contribution is -2.17. The number of ketones is 1. The predicted molar refractivity (Wildman–Crippen MR) is 66.4 cm³/mol. The van der Waals surface area contributed by atoms with Crippen molar-refractivity contribution in [2.24, 2.45) is 0 Å². The summed E-state index contributed by atoms with van der Waals surface area (Å²) in [7, 11) is 0. The van der Waals surface area contributed by atoms with Crippen molar-refractivity contribution in [3.63, 3.8) is 0 Å². The van der Waals surface area contributed by atoms with Gasteiger partial charge in [-0.15, -0.1) is 0 Å². The van der Waals surface area contributed by atoms with Gasteiger partial charge in [-0.1, -0.05) is 0 Å². The number of fused-ring (bicyclic) bond motifs is 3. The third kappa shape index (κ3) is 1.98. The zero-order valence-corrected chi connectivity index (χ0v) is 11.2. The van der Waals surface area contributed by atoms with Crippen LogP contribution in [0, 0.1) is 0 Å². The van der Waals surface area contributed by atoms with Crippen LogP contribution < -0.4 is 5.32 Å². The number of nitrogens with one attached hydrogen (secondary N) is 1. The standard InChI is InChI=1S/C11H5BrF3N3O2/c12-5-1-6-7(9(19)10(20)16-6)4-2-18(17-8(4)5)3-11(13,14)15/h1-2H,3H2,(H,16,19,20). The molecule has 2 aromatic rings. The maximum atomic E-state index is 12.4. The molecular formula is C11H5BrF3N3O2. The smallest absolute Gasteiger partial charge is 0.318 e. The lowest BCUT2D eigenvalue weighted by molar-refractivity contribution is -0.142. The number of rotatable bonds is 1. The Hall–Kier alpha value is -1.90. The Kier molecular flexibility index (Phi) is 2.65. The number of aromatic nitrogens is 2. The van der Waals surface area contributed by atoms with Crippen molar-refractivity contribution in [2.75, 3.05) is 5.32 Å². The first kappa shape index (κ1) is 13.1. The number of Topliss-reactive ketones (excluding diaryl/α,β-unsaturated/α-hetero) is 1. The highest BCUT2D eigenvalue weighted by Crippen LogP contribution is 2.36. The van der Waals surface area contributed by atoms with E-state index in [9.17, 15) is 22.8 Å². The van der Waals surface area contributed by atoms with E-state index in [4.69, 9.17) is 0 Å². The van der Waals surface area contributed by atoms with Crippen LogP contribution in [0.4, 0.5) is 18.9 Å². The van der Waals surface area contributed by atoms with Crippen molar-refractivity contribution >= 4 is 44.2 Å². The predicted octanol–water partition coefficient (Wildman–Crippen LogP) is 2.50. The summed E-state index contributed by atoms with van der Waals surface area (Å²) in [6.07, 6.45) is -3.31. The molecule has 1 aromatic heterocycles. The molecule has 0 atom stereocenters. The van der Waals surface area contributed by atoms with Crippen molar-refractivity contribution in [3.8, 4) is 0 Å². The van der Waals surface area contributed by atoms with Crippen molar-refractivity contribution < 1.29 is 22.8 Å². The minimum Gasteiger partial charge on any atom is -0.318 e. The summed E-state index contributed by atoms with van der Waals surface area (Å²) in [4.78, 5) is 23.1. The highest BCUT2D eigenvalue weighted by molar-refractivity contribution is 9.10. The van der Waals surface area contributed by atoms with E-state index >= 15 is 0 Å². The van der Waals surface area contributed by atoms with E-state index in [0.717, 1.165) is 6.20 Å². The topological polar surface area (TPSA) is 64.0 Å². The molecular weight excluding hydrogens is 343 g/mol. The van der Waals surface area contributed by atoms with Gasteiger partial charge in [-0.25, -0.2) is 0 Å². The van der Waals surface area contributed by atoms with E-state index in [1.54, 1.807) is 0 Å². The third-order valence-electron chi connectivity index (χ3n) is 2.82. The monoisotopic (exact) mass is 347 g/mol. The molecule has 104 valence electrons. The van der Waals surface area contributed by atoms with Gasteiger partial charge >= 0.3 is 6.18 Å². The summed E-state index contributed by atoms with van der Waals surface area (Å²) in [6, 6.07) is 1.45. The normalized spacial score (nSPS) is 14.8. The first-order valence-corrected chi connectivity index (χ1v) is 6.17. The minimum atomic E-state index is -4.42. The number of alkyl halides is 3. The molecule has 0 radical (unpaired) electrons. The quantitative estimate of drug-likeness (QED) is 0.806. The van der Waals surface area contributed by atoms with Gasteiger partial charge in [0.25, 0.3) is 11.7 Å². The molecule has 9 heteroatoms. The number of amides is 1. The number of anilines is 1. The van der Waals surface area contributed by atoms with E-state index in [1.807, 2.05) is 0 Å². The largest absolute Gasteiger partial charge is 0.408 e. The molecule has 0 unspecified atom stereocenters. The molecule has 0 saturated carbocycles. The number of hydrogen-bond acceptors (Lipinski definition) is 3. The van der Waals surface area contributed by atoms with Crippen LogP contribution >= 0.6 is 15.9 Å². The second kappa shape index (κ2) is 4.05. The molecule has 3 rings (SSSR count). The summed E-state index contributed by atoms with van der Waals surface area (Å²) in [6.45, 7) is -1.27. The highest BCUT2D eigenvalue weighted by Gasteiger charge is 2.33. The average molecular weight is 348 g/mol. The fourth-order valence-corrected chi connectivity index (χ4v) is 2.62. The second-order valence-corrected chi connectivity index (χ2v) is 5.12. The maximum Gasteiger partial charge on any atom is 0.408 e. The Morgan fingerprint density at radius 3 is 2.70 bits per heavy atom. The summed E-state index contributed by atoms with van der Waals surface area (Å²) >= 11 is 3.16. The summed E-state index contributed by atoms with van der Waals surface area (Å²) in [5.74, 6) is -1.58. The van der Waals surface area contributed by atoms with Crippen LogP contribution in [0.25, 0.3) is 10.9 Å². The van der Waals surface area contributed by atoms with Crippen LogP contribution in [0.5, 0.6) is 0 Å². The van der Waals surface area contributed by atoms with E-state index in [2.05, 4.69) is 26.3 Å². The Morgan fingerprint density at radius 1 is 1.35 bits per heavy atom. The van der Waals surface area contributed by atoms with Crippen LogP contribution in [0.2, 0.25) is 0 Å². The van der Waals surface area contributed by atoms with Gasteiger partial charge in [-0.3, -0.25) is 14.3 Å². The van der Waals surface area contributed by atoms with Crippen LogP contribution in [-0.2, 0) is 11.3 Å². The van der Waals surface area contributed by atoms with Gasteiger partial charge < -0.3 is 5.32 Å². The number of carbonyl (C=O) groups is 2. The molecule has 1 aliphatic rings. The highest BCUT2D eigenvalue weighted by atomic mass is 79.9. The number of nitrogens with zero attached hydrogens (tertiary/aromatic N) is 2. The Morgan fingerprint density at radius 2 is 2.05 bits per heavy atom. The number of benzene rings is 1. The lowest BCUT2D eigenvalue weighted by Gasteiger charge is -2.04. The van der Waals surface area contributed by atoms with Gasteiger partial charge in [0, 0.05) is 16.1 Å². The van der Waals surface area contributed by atoms with Crippen molar-refractivity contribution in [3.05, 3.63) is 22.3 Å². The number of hydrogen-bond donors (Lipinski definition) is 1. The van der Waals surface area contributed by atoms with Crippen molar-refractivity contribution in [1.82, 2.24) is 9.78 Å². The molecule has 1 aromatic carbocycles. The molecule has 0 spiro atoms. The molecule has 1 N–H and O–H groups in total. The van der Waals surface area contributed by atoms with Gasteiger partial charge in [0.1, 0.15) is 12.1 Å². The molecule has 0 aliphatic carbocycles. The van der Waals surface area contributed by atoms with Crippen molar-refractivity contribution in [2.45, 2.75) is 12.7 Å². The second-order valence-electron chi connectivity index (χ2n) is 4.27. The zero-order valence-electron chi connectivity index (χ0n) is 9.58. The molecule has 0 saturated heterocycles. The fraction of sp³-hybridized carbons (Fsp3) is 0.182. The van der Waals surface area contributed by atoms with Gasteiger partial charge in [-0.2, -0.15) is 18.3 Å². The molecule has 20 heavy (non-hydrogen) atoms. The SMILES string of the molecule is O=C1Nc2cc(Br)c3nn(CC(F)(F)F)cc3c2C1=O. The van der Waals surface area contributed by atoms with Gasteiger partial charge in [0.2, 0.25) is 0 Å². The van der Waals surface area contributed by atoms with Crippen LogP contribution in [0.3, 0.4) is 0 Å². The maximum absolute atomic E-state index is 12.4. The van der Waals surface area contributed by atoms with Crippen molar-refractivity contribution in [1.29, 1.82) is 0 Å². The molecule has 1 aliphatic heterocycles. The molecule has 1 amide bonds. The zero-order chi connectivity index (χ0) is 14.7. The van der Waals surface area contributed by atoms with Gasteiger partial charge in [-0.05, 0) is 22.0 Å². The summed E-state index contributed by atoms with van der Waals surface area (Å²) in [5, 5.41) is 6.36. The van der Waals surface area contributed by atoms with Crippen LogP contribution in [0.15, 0.2) is 16.7 Å². The lowest BCUT2D eigenvalue weighted by atomic mass is 10.1. The molecule has 5 nitrogen and oxygen atoms in total. The van der Waals surface area contributed by atoms with E-state index < -0.39 is 24.4 Å². The van der Waals surface area contributed by atoms with Crippen LogP contribution in [-0.4, -0.2) is 27.6 Å². The molecule has 2 heterocycles. The van der Waals surface area contributed by atoms with E-state index in [-0.39, 0.29) is 22.2 Å². The van der Waals surface area contributed by atoms with Gasteiger partial charge in [0.05, 0.1) is 11.3 Å². The van der Waals surface area contributed by atoms with Crippen LogP contribution in [0.1, 0.15) is 10.4 Å². The minimum absolute atomic E-state index is 0.0571. The summed E-state index contributed by atoms with van der Waals surface area (Å²) < 4.78 is 38.2. The average Bonchev–Trinajstić information content (AvgIpc) is 2.80. The Labute approximate surface area is 117 Å². The third-order valence-corrected chi connectivity index (χ3v) is 3.42. The fourth-order valence-electron chi connectivity index (χ4n) is 2.09. The van der Waals surface area contributed by atoms with E-state index in [0.29, 0.717) is 9.15 Å². The molecule has 0 fully saturated rings. The number of halogens is 4. The Bertz CT molecular complexity index is 766.